The summed E-state index contributed by atoms with van der Waals surface area (Å²) in [7, 11) is 3.94. The van der Waals surface area contributed by atoms with Gasteiger partial charge in [0.25, 0.3) is 0 Å². The Hall–Kier alpha value is -0.900. The molecule has 1 aromatic rings. The molecule has 0 heterocycles. The number of benzene rings is 1. The summed E-state index contributed by atoms with van der Waals surface area (Å²) < 4.78 is 0. The summed E-state index contributed by atoms with van der Waals surface area (Å²) in [6, 6.07) is 9.00. The van der Waals surface area contributed by atoms with Gasteiger partial charge in [-0.2, -0.15) is 0 Å². The molecule has 2 atom stereocenters. The van der Waals surface area contributed by atoms with Gasteiger partial charge in [-0.1, -0.05) is 45.0 Å². The second-order valence-corrected chi connectivity index (χ2v) is 6.92. The molecule has 1 aromatic carbocycles. The zero-order chi connectivity index (χ0) is 15.3. The highest BCUT2D eigenvalue weighted by molar-refractivity contribution is 5.29. The van der Waals surface area contributed by atoms with Crippen LogP contribution in [0.2, 0.25) is 0 Å². The molecule has 2 N–H and O–H groups in total. The third-order valence-electron chi connectivity index (χ3n) is 3.51. The molecule has 3 heteroatoms. The first-order valence-corrected chi connectivity index (χ1v) is 7.36. The fraction of sp³-hybridized carbons (Fsp3) is 0.647. The van der Waals surface area contributed by atoms with Gasteiger partial charge in [0.05, 0.1) is 6.10 Å². The highest BCUT2D eigenvalue weighted by atomic mass is 16.3. The lowest BCUT2D eigenvalue weighted by molar-refractivity contribution is 0.132. The van der Waals surface area contributed by atoms with E-state index in [0.29, 0.717) is 13.1 Å². The predicted octanol–water partition coefficient (Wildman–Crippen LogP) is 2.56. The lowest BCUT2D eigenvalue weighted by Gasteiger charge is -2.22. The molecule has 0 bridgehead atoms. The largest absolute Gasteiger partial charge is 0.390 e. The van der Waals surface area contributed by atoms with Gasteiger partial charge in [0.15, 0.2) is 0 Å². The monoisotopic (exact) mass is 278 g/mol. The van der Waals surface area contributed by atoms with Crippen LogP contribution in [-0.2, 0) is 5.41 Å². The van der Waals surface area contributed by atoms with Gasteiger partial charge in [-0.05, 0) is 37.6 Å². The molecule has 0 aliphatic rings. The molecule has 114 valence electrons. The van der Waals surface area contributed by atoms with Gasteiger partial charge >= 0.3 is 0 Å². The highest BCUT2D eigenvalue weighted by Gasteiger charge is 2.14. The van der Waals surface area contributed by atoms with E-state index in [2.05, 4.69) is 57.3 Å². The fourth-order valence-corrected chi connectivity index (χ4v) is 2.19. The third kappa shape index (κ3) is 5.61. The van der Waals surface area contributed by atoms with Gasteiger partial charge in [-0.15, -0.1) is 0 Å². The van der Waals surface area contributed by atoms with Crippen LogP contribution in [0.1, 0.15) is 44.9 Å². The second kappa shape index (κ2) is 7.21. The Morgan fingerprint density at radius 3 is 2.15 bits per heavy atom. The van der Waals surface area contributed by atoms with Crippen LogP contribution in [0.25, 0.3) is 0 Å². The number of rotatable bonds is 6. The molecule has 0 aliphatic carbocycles. The Morgan fingerprint density at radius 2 is 1.70 bits per heavy atom. The molecule has 0 saturated carbocycles. The van der Waals surface area contributed by atoms with Gasteiger partial charge in [-0.25, -0.2) is 0 Å². The number of hydrogen-bond donors (Lipinski definition) is 2. The Bertz CT molecular complexity index is 392. The lowest BCUT2D eigenvalue weighted by Crippen LogP contribution is -2.36. The third-order valence-corrected chi connectivity index (χ3v) is 3.51. The van der Waals surface area contributed by atoms with Crippen LogP contribution in [0.4, 0.5) is 0 Å². The summed E-state index contributed by atoms with van der Waals surface area (Å²) in [6.07, 6.45) is -0.332. The summed E-state index contributed by atoms with van der Waals surface area (Å²) in [5.41, 5.74) is 2.80. The molecule has 0 saturated heterocycles. The number of likely N-dealkylation sites (N-methyl/N-ethyl adjacent to an activating group) is 1. The van der Waals surface area contributed by atoms with Crippen molar-refractivity contribution in [3.05, 3.63) is 35.4 Å². The standard InChI is InChI=1S/C17H30N2O/c1-13(18-11-16(20)12-19(5)6)14-7-9-15(10-8-14)17(2,3)4/h7-10,13,16,18,20H,11-12H2,1-6H3. The Morgan fingerprint density at radius 1 is 1.15 bits per heavy atom. The van der Waals surface area contributed by atoms with E-state index in [1.807, 2.05) is 19.0 Å². The smallest absolute Gasteiger partial charge is 0.0791 e. The summed E-state index contributed by atoms with van der Waals surface area (Å²) in [5, 5.41) is 13.2. The average molecular weight is 278 g/mol. The van der Waals surface area contributed by atoms with Crippen molar-refractivity contribution < 1.29 is 5.11 Å². The summed E-state index contributed by atoms with van der Waals surface area (Å²) >= 11 is 0. The van der Waals surface area contributed by atoms with E-state index in [4.69, 9.17) is 0 Å². The van der Waals surface area contributed by atoms with Gasteiger partial charge in [-0.3, -0.25) is 0 Å². The quantitative estimate of drug-likeness (QED) is 0.839. The van der Waals surface area contributed by atoms with Crippen molar-refractivity contribution in [2.24, 2.45) is 0 Å². The molecular formula is C17H30N2O. The van der Waals surface area contributed by atoms with Gasteiger partial charge in [0, 0.05) is 19.1 Å². The summed E-state index contributed by atoms with van der Waals surface area (Å²) in [4.78, 5) is 2.00. The van der Waals surface area contributed by atoms with E-state index in [1.165, 1.54) is 11.1 Å². The molecule has 0 radical (unpaired) electrons. The maximum absolute atomic E-state index is 9.86. The van der Waals surface area contributed by atoms with E-state index in [-0.39, 0.29) is 17.6 Å². The molecule has 2 unspecified atom stereocenters. The minimum absolute atomic E-state index is 0.192. The van der Waals surface area contributed by atoms with Gasteiger partial charge in [0.2, 0.25) is 0 Å². The van der Waals surface area contributed by atoms with Crippen molar-refractivity contribution in [2.75, 3.05) is 27.2 Å². The zero-order valence-corrected chi connectivity index (χ0v) is 13.8. The van der Waals surface area contributed by atoms with E-state index in [0.717, 1.165) is 0 Å². The minimum Gasteiger partial charge on any atom is -0.390 e. The first-order valence-electron chi connectivity index (χ1n) is 7.36. The zero-order valence-electron chi connectivity index (χ0n) is 13.8. The van der Waals surface area contributed by atoms with Crippen molar-refractivity contribution in [3.8, 4) is 0 Å². The number of aliphatic hydroxyl groups is 1. The fourth-order valence-electron chi connectivity index (χ4n) is 2.19. The molecule has 0 amide bonds. The van der Waals surface area contributed by atoms with Crippen LogP contribution >= 0.6 is 0 Å². The van der Waals surface area contributed by atoms with Gasteiger partial charge < -0.3 is 15.3 Å². The van der Waals surface area contributed by atoms with Crippen molar-refractivity contribution in [1.82, 2.24) is 10.2 Å². The maximum atomic E-state index is 9.86. The normalized spacial score (nSPS) is 15.4. The number of hydrogen-bond acceptors (Lipinski definition) is 3. The molecule has 0 aromatic heterocycles. The molecule has 20 heavy (non-hydrogen) atoms. The second-order valence-electron chi connectivity index (χ2n) is 6.92. The number of nitrogens with zero attached hydrogens (tertiary/aromatic N) is 1. The van der Waals surface area contributed by atoms with Crippen LogP contribution < -0.4 is 5.32 Å². The van der Waals surface area contributed by atoms with Crippen LogP contribution in [0, 0.1) is 0 Å². The van der Waals surface area contributed by atoms with Crippen LogP contribution in [-0.4, -0.2) is 43.3 Å². The molecule has 0 spiro atoms. The van der Waals surface area contributed by atoms with Crippen molar-refractivity contribution >= 4 is 0 Å². The van der Waals surface area contributed by atoms with Gasteiger partial charge in [0.1, 0.15) is 0 Å². The van der Waals surface area contributed by atoms with E-state index >= 15 is 0 Å². The molecule has 0 fully saturated rings. The van der Waals surface area contributed by atoms with Crippen molar-refractivity contribution in [2.45, 2.75) is 45.3 Å². The van der Waals surface area contributed by atoms with Crippen molar-refractivity contribution in [3.63, 3.8) is 0 Å². The molecule has 0 aliphatic heterocycles. The number of aliphatic hydroxyl groups excluding tert-OH is 1. The van der Waals surface area contributed by atoms with Crippen LogP contribution in [0.15, 0.2) is 24.3 Å². The first kappa shape index (κ1) is 17.2. The van der Waals surface area contributed by atoms with Crippen LogP contribution in [0.3, 0.4) is 0 Å². The first-order chi connectivity index (χ1) is 9.20. The van der Waals surface area contributed by atoms with E-state index < -0.39 is 0 Å². The molecular weight excluding hydrogens is 248 g/mol. The average Bonchev–Trinajstić information content (AvgIpc) is 2.34. The van der Waals surface area contributed by atoms with Crippen LogP contribution in [0.5, 0.6) is 0 Å². The summed E-state index contributed by atoms with van der Waals surface area (Å²) in [6.45, 7) is 10.1. The molecule has 1 rings (SSSR count). The Labute approximate surface area is 124 Å². The van der Waals surface area contributed by atoms with E-state index in [9.17, 15) is 5.11 Å². The molecule has 3 nitrogen and oxygen atoms in total. The van der Waals surface area contributed by atoms with E-state index in [1.54, 1.807) is 0 Å². The topological polar surface area (TPSA) is 35.5 Å². The Balaban J connectivity index is 2.54. The lowest BCUT2D eigenvalue weighted by atomic mass is 9.86. The SMILES string of the molecule is CC(NCC(O)CN(C)C)c1ccc(C(C)(C)C)cc1. The number of nitrogens with one attached hydrogen (secondary N) is 1. The maximum Gasteiger partial charge on any atom is 0.0791 e. The van der Waals surface area contributed by atoms with Crippen molar-refractivity contribution in [1.29, 1.82) is 0 Å². The predicted molar refractivity (Wildman–Crippen MR) is 86.1 cm³/mol. The summed E-state index contributed by atoms with van der Waals surface area (Å²) in [5.74, 6) is 0. The Kier molecular flexibility index (Phi) is 6.18. The highest BCUT2D eigenvalue weighted by Crippen LogP contribution is 2.23. The minimum atomic E-state index is -0.332.